The molecule has 0 radical (unpaired) electrons. The van der Waals surface area contributed by atoms with Crippen molar-refractivity contribution in [2.24, 2.45) is 5.41 Å². The quantitative estimate of drug-likeness (QED) is 0.781. The summed E-state index contributed by atoms with van der Waals surface area (Å²) in [5.41, 5.74) is 2.83. The molecule has 0 heterocycles. The van der Waals surface area contributed by atoms with Crippen LogP contribution in [-0.2, 0) is 17.9 Å². The maximum atomic E-state index is 5.11. The number of rotatable bonds is 8. The van der Waals surface area contributed by atoms with Crippen LogP contribution in [0.3, 0.4) is 0 Å². The fraction of sp³-hybridized carbons (Fsp3) is 0.625. The predicted molar refractivity (Wildman–Crippen MR) is 81.2 cm³/mol. The summed E-state index contributed by atoms with van der Waals surface area (Å²) < 4.78 is 5.11. The van der Waals surface area contributed by atoms with Crippen molar-refractivity contribution in [2.45, 2.75) is 27.0 Å². The Labute approximate surface area is 118 Å². The zero-order valence-electron chi connectivity index (χ0n) is 13.0. The Hall–Kier alpha value is -0.900. The van der Waals surface area contributed by atoms with Crippen molar-refractivity contribution in [1.29, 1.82) is 0 Å². The summed E-state index contributed by atoms with van der Waals surface area (Å²) in [4.78, 5) is 2.24. The van der Waals surface area contributed by atoms with E-state index in [1.165, 1.54) is 11.1 Å². The first-order valence-corrected chi connectivity index (χ1v) is 6.85. The Kier molecular flexibility index (Phi) is 6.49. The minimum Gasteiger partial charge on any atom is -0.380 e. The largest absolute Gasteiger partial charge is 0.380 e. The maximum Gasteiger partial charge on any atom is 0.0713 e. The molecular weight excluding hydrogens is 236 g/mol. The van der Waals surface area contributed by atoms with E-state index in [4.69, 9.17) is 4.74 Å². The Bertz CT molecular complexity index is 358. The molecule has 1 N–H and O–H groups in total. The molecule has 1 aromatic rings. The average molecular weight is 264 g/mol. The third-order valence-electron chi connectivity index (χ3n) is 3.01. The third-order valence-corrected chi connectivity index (χ3v) is 3.01. The lowest BCUT2D eigenvalue weighted by atomic mass is 9.93. The van der Waals surface area contributed by atoms with E-state index in [1.807, 2.05) is 0 Å². The molecule has 0 bridgehead atoms. The fourth-order valence-corrected chi connectivity index (χ4v) is 2.38. The van der Waals surface area contributed by atoms with E-state index in [0.717, 1.165) is 19.6 Å². The summed E-state index contributed by atoms with van der Waals surface area (Å²) in [6.45, 7) is 8.30. The van der Waals surface area contributed by atoms with Gasteiger partial charge in [-0.2, -0.15) is 0 Å². The molecule has 0 saturated heterocycles. The molecule has 0 fully saturated rings. The number of nitrogens with zero attached hydrogens (tertiary/aromatic N) is 1. The topological polar surface area (TPSA) is 24.5 Å². The van der Waals surface area contributed by atoms with Gasteiger partial charge in [0.05, 0.1) is 6.61 Å². The van der Waals surface area contributed by atoms with Crippen LogP contribution in [0.1, 0.15) is 25.0 Å². The minimum atomic E-state index is 0.291. The first-order valence-electron chi connectivity index (χ1n) is 6.85. The number of nitrogens with one attached hydrogen (secondary N) is 1. The van der Waals surface area contributed by atoms with Crippen LogP contribution in [0.25, 0.3) is 0 Å². The highest BCUT2D eigenvalue weighted by molar-refractivity contribution is 5.21. The standard InChI is InChI=1S/C16H28N2O/c1-16(2,13-18(3)4)12-17-10-14-6-8-15(9-7-14)11-19-5/h6-9,17H,10-13H2,1-5H3. The molecule has 0 aromatic heterocycles. The van der Waals surface area contributed by atoms with Gasteiger partial charge in [-0.15, -0.1) is 0 Å². The van der Waals surface area contributed by atoms with Crippen LogP contribution in [0, 0.1) is 5.41 Å². The average Bonchev–Trinajstić information content (AvgIpc) is 2.30. The van der Waals surface area contributed by atoms with Crippen LogP contribution in [0.4, 0.5) is 0 Å². The summed E-state index contributed by atoms with van der Waals surface area (Å²) in [5.74, 6) is 0. The summed E-state index contributed by atoms with van der Waals surface area (Å²) in [5, 5.41) is 3.54. The van der Waals surface area contributed by atoms with E-state index >= 15 is 0 Å². The molecule has 1 aromatic carbocycles. The van der Waals surface area contributed by atoms with Crippen molar-refractivity contribution >= 4 is 0 Å². The van der Waals surface area contributed by atoms with Crippen molar-refractivity contribution in [2.75, 3.05) is 34.3 Å². The predicted octanol–water partition coefficient (Wildman–Crippen LogP) is 2.51. The molecule has 0 amide bonds. The molecule has 0 aliphatic rings. The van der Waals surface area contributed by atoms with E-state index < -0.39 is 0 Å². The molecular formula is C16H28N2O. The molecule has 108 valence electrons. The zero-order chi connectivity index (χ0) is 14.3. The first kappa shape index (κ1) is 16.2. The van der Waals surface area contributed by atoms with Crippen molar-refractivity contribution in [3.8, 4) is 0 Å². The molecule has 19 heavy (non-hydrogen) atoms. The Balaban J connectivity index is 2.36. The van der Waals surface area contributed by atoms with Gasteiger partial charge in [0.15, 0.2) is 0 Å². The third kappa shape index (κ3) is 6.71. The normalized spacial score (nSPS) is 12.1. The number of hydrogen-bond donors (Lipinski definition) is 1. The summed E-state index contributed by atoms with van der Waals surface area (Å²) in [6.07, 6.45) is 0. The van der Waals surface area contributed by atoms with E-state index in [2.05, 4.69) is 62.4 Å². The van der Waals surface area contributed by atoms with Crippen molar-refractivity contribution in [3.63, 3.8) is 0 Å². The van der Waals surface area contributed by atoms with Gasteiger partial charge in [0.2, 0.25) is 0 Å². The monoisotopic (exact) mass is 264 g/mol. The van der Waals surface area contributed by atoms with E-state index in [1.54, 1.807) is 7.11 Å². The maximum absolute atomic E-state index is 5.11. The van der Waals surface area contributed by atoms with Gasteiger partial charge in [-0.25, -0.2) is 0 Å². The molecule has 3 nitrogen and oxygen atoms in total. The molecule has 0 aliphatic carbocycles. The number of benzene rings is 1. The molecule has 0 atom stereocenters. The van der Waals surface area contributed by atoms with Crippen LogP contribution in [0.5, 0.6) is 0 Å². The molecule has 1 rings (SSSR count). The van der Waals surface area contributed by atoms with Gasteiger partial charge < -0.3 is 15.0 Å². The Morgan fingerprint density at radius 2 is 1.68 bits per heavy atom. The molecule has 3 heteroatoms. The Morgan fingerprint density at radius 1 is 1.11 bits per heavy atom. The second kappa shape index (κ2) is 7.63. The van der Waals surface area contributed by atoms with Gasteiger partial charge in [0.1, 0.15) is 0 Å². The smallest absolute Gasteiger partial charge is 0.0713 e. The van der Waals surface area contributed by atoms with Gasteiger partial charge >= 0.3 is 0 Å². The molecule has 0 saturated carbocycles. The summed E-state index contributed by atoms with van der Waals surface area (Å²) >= 11 is 0. The van der Waals surface area contributed by atoms with Gasteiger partial charge in [0, 0.05) is 26.7 Å². The van der Waals surface area contributed by atoms with E-state index in [9.17, 15) is 0 Å². The molecule has 0 unspecified atom stereocenters. The van der Waals surface area contributed by atoms with E-state index in [-0.39, 0.29) is 0 Å². The van der Waals surface area contributed by atoms with Crippen molar-refractivity contribution in [1.82, 2.24) is 10.2 Å². The number of ether oxygens (including phenoxy) is 1. The molecule has 0 spiro atoms. The van der Waals surface area contributed by atoms with Crippen LogP contribution < -0.4 is 5.32 Å². The highest BCUT2D eigenvalue weighted by atomic mass is 16.5. The zero-order valence-corrected chi connectivity index (χ0v) is 13.0. The second-order valence-corrected chi connectivity index (χ2v) is 6.26. The van der Waals surface area contributed by atoms with Gasteiger partial charge in [0.25, 0.3) is 0 Å². The van der Waals surface area contributed by atoms with Gasteiger partial charge in [-0.3, -0.25) is 0 Å². The summed E-state index contributed by atoms with van der Waals surface area (Å²) in [7, 11) is 5.97. The van der Waals surface area contributed by atoms with Gasteiger partial charge in [-0.05, 0) is 30.6 Å². The van der Waals surface area contributed by atoms with Gasteiger partial charge in [-0.1, -0.05) is 38.1 Å². The minimum absolute atomic E-state index is 0.291. The lowest BCUT2D eigenvalue weighted by Crippen LogP contribution is -2.37. The van der Waals surface area contributed by atoms with E-state index in [0.29, 0.717) is 12.0 Å². The first-order chi connectivity index (χ1) is 8.93. The van der Waals surface area contributed by atoms with Crippen LogP contribution in [0.15, 0.2) is 24.3 Å². The highest BCUT2D eigenvalue weighted by Crippen LogP contribution is 2.14. The van der Waals surface area contributed by atoms with Crippen LogP contribution in [0.2, 0.25) is 0 Å². The fourth-order valence-electron chi connectivity index (χ4n) is 2.38. The van der Waals surface area contributed by atoms with Crippen molar-refractivity contribution < 1.29 is 4.74 Å². The number of methoxy groups -OCH3 is 1. The lowest BCUT2D eigenvalue weighted by Gasteiger charge is -2.28. The SMILES string of the molecule is COCc1ccc(CNCC(C)(C)CN(C)C)cc1. The lowest BCUT2D eigenvalue weighted by molar-refractivity contribution is 0.185. The van der Waals surface area contributed by atoms with Crippen LogP contribution in [-0.4, -0.2) is 39.2 Å². The van der Waals surface area contributed by atoms with Crippen molar-refractivity contribution in [3.05, 3.63) is 35.4 Å². The second-order valence-electron chi connectivity index (χ2n) is 6.26. The highest BCUT2D eigenvalue weighted by Gasteiger charge is 2.17. The number of hydrogen-bond acceptors (Lipinski definition) is 3. The Morgan fingerprint density at radius 3 is 2.21 bits per heavy atom. The van der Waals surface area contributed by atoms with Crippen LogP contribution >= 0.6 is 0 Å². The summed E-state index contributed by atoms with van der Waals surface area (Å²) in [6, 6.07) is 8.59. The molecule has 0 aliphatic heterocycles.